The van der Waals surface area contributed by atoms with E-state index in [1.165, 1.54) is 17.7 Å². The second kappa shape index (κ2) is 8.12. The van der Waals surface area contributed by atoms with Crippen molar-refractivity contribution >= 4 is 11.9 Å². The van der Waals surface area contributed by atoms with E-state index in [1.54, 1.807) is 0 Å². The molecule has 1 heterocycles. The third-order valence-electron chi connectivity index (χ3n) is 4.32. The predicted molar refractivity (Wildman–Crippen MR) is 105 cm³/mol. The number of nitrogens with one attached hydrogen (secondary N) is 1. The van der Waals surface area contributed by atoms with Crippen molar-refractivity contribution in [1.82, 2.24) is 10.2 Å². The van der Waals surface area contributed by atoms with E-state index in [-0.39, 0.29) is 29.0 Å². The molecule has 1 aromatic heterocycles. The first-order valence-corrected chi connectivity index (χ1v) is 9.08. The molecule has 0 saturated carbocycles. The highest BCUT2D eigenvalue weighted by molar-refractivity contribution is 6.03. The van der Waals surface area contributed by atoms with Gasteiger partial charge < -0.3 is 14.6 Å². The Bertz CT molecular complexity index is 944. The van der Waals surface area contributed by atoms with E-state index in [1.807, 2.05) is 19.1 Å². The molecule has 0 saturated heterocycles. The van der Waals surface area contributed by atoms with Crippen LogP contribution < -0.4 is 5.32 Å². The molecule has 146 valence electrons. The van der Waals surface area contributed by atoms with Gasteiger partial charge in [-0.1, -0.05) is 43.2 Å². The van der Waals surface area contributed by atoms with Crippen molar-refractivity contribution in [3.05, 3.63) is 65.0 Å². The van der Waals surface area contributed by atoms with Gasteiger partial charge in [0.15, 0.2) is 0 Å². The standard InChI is InChI=1S/C21H23N3O4/c1-12(2)8-14-4-6-15(7-5-14)13(3)20-23-24-21(28-20)22-19(27)16-9-17(25)11-18(26)10-16/h4-7,9-13,25-26H,8H2,1-3H3,(H,22,24,27). The molecule has 0 spiro atoms. The zero-order chi connectivity index (χ0) is 20.3. The maximum absolute atomic E-state index is 12.2. The molecule has 0 aliphatic heterocycles. The highest BCUT2D eigenvalue weighted by atomic mass is 16.4. The Morgan fingerprint density at radius 3 is 2.29 bits per heavy atom. The molecule has 1 amide bonds. The van der Waals surface area contributed by atoms with Crippen molar-refractivity contribution in [3.63, 3.8) is 0 Å². The van der Waals surface area contributed by atoms with Crippen molar-refractivity contribution < 1.29 is 19.4 Å². The maximum Gasteiger partial charge on any atom is 0.322 e. The molecule has 0 fully saturated rings. The van der Waals surface area contributed by atoms with Crippen LogP contribution in [0, 0.1) is 5.92 Å². The zero-order valence-corrected chi connectivity index (χ0v) is 16.0. The number of rotatable bonds is 6. The molecule has 0 aliphatic rings. The lowest BCUT2D eigenvalue weighted by Crippen LogP contribution is -2.12. The number of phenols is 2. The van der Waals surface area contributed by atoms with Gasteiger partial charge in [0.25, 0.3) is 5.91 Å². The first-order valence-electron chi connectivity index (χ1n) is 9.08. The van der Waals surface area contributed by atoms with Crippen molar-refractivity contribution in [2.75, 3.05) is 5.32 Å². The number of phenolic OH excluding ortho intramolecular Hbond substituents is 2. The van der Waals surface area contributed by atoms with Crippen LogP contribution in [0.2, 0.25) is 0 Å². The van der Waals surface area contributed by atoms with E-state index in [9.17, 15) is 15.0 Å². The normalized spacial score (nSPS) is 12.1. The van der Waals surface area contributed by atoms with Gasteiger partial charge in [-0.3, -0.25) is 10.1 Å². The van der Waals surface area contributed by atoms with E-state index in [4.69, 9.17) is 4.42 Å². The number of hydrogen-bond donors (Lipinski definition) is 3. The fraction of sp³-hybridized carbons (Fsp3) is 0.286. The molecule has 0 aliphatic carbocycles. The van der Waals surface area contributed by atoms with Crippen molar-refractivity contribution in [2.45, 2.75) is 33.1 Å². The van der Waals surface area contributed by atoms with Crippen LogP contribution in [-0.2, 0) is 6.42 Å². The van der Waals surface area contributed by atoms with E-state index < -0.39 is 5.91 Å². The summed E-state index contributed by atoms with van der Waals surface area (Å²) in [5.41, 5.74) is 2.39. The SMILES string of the molecule is CC(C)Cc1ccc(C(C)c2nnc(NC(=O)c3cc(O)cc(O)c3)o2)cc1. The summed E-state index contributed by atoms with van der Waals surface area (Å²) in [6.45, 7) is 6.32. The number of benzene rings is 2. The maximum atomic E-state index is 12.2. The lowest BCUT2D eigenvalue weighted by atomic mass is 9.97. The van der Waals surface area contributed by atoms with Crippen molar-refractivity contribution in [2.24, 2.45) is 5.92 Å². The van der Waals surface area contributed by atoms with Crippen LogP contribution in [-0.4, -0.2) is 26.3 Å². The number of carbonyl (C=O) groups excluding carboxylic acids is 1. The Morgan fingerprint density at radius 2 is 1.68 bits per heavy atom. The second-order valence-electron chi connectivity index (χ2n) is 7.20. The Morgan fingerprint density at radius 1 is 1.04 bits per heavy atom. The lowest BCUT2D eigenvalue weighted by Gasteiger charge is -2.09. The summed E-state index contributed by atoms with van der Waals surface area (Å²) in [5, 5.41) is 29.3. The highest BCUT2D eigenvalue weighted by Gasteiger charge is 2.18. The number of anilines is 1. The summed E-state index contributed by atoms with van der Waals surface area (Å²) in [7, 11) is 0. The van der Waals surface area contributed by atoms with E-state index in [0.717, 1.165) is 18.1 Å². The van der Waals surface area contributed by atoms with Gasteiger partial charge in [0.05, 0.1) is 5.92 Å². The fourth-order valence-electron chi connectivity index (χ4n) is 2.91. The number of aromatic hydroxyl groups is 2. The molecule has 0 bridgehead atoms. The molecular weight excluding hydrogens is 358 g/mol. The summed E-state index contributed by atoms with van der Waals surface area (Å²) in [5.74, 6) is -0.163. The van der Waals surface area contributed by atoms with Gasteiger partial charge in [0, 0.05) is 11.6 Å². The van der Waals surface area contributed by atoms with Gasteiger partial charge in [0.2, 0.25) is 5.89 Å². The summed E-state index contributed by atoms with van der Waals surface area (Å²) in [6, 6.07) is 11.8. The third kappa shape index (κ3) is 4.68. The largest absolute Gasteiger partial charge is 0.508 e. The number of amides is 1. The van der Waals surface area contributed by atoms with Crippen LogP contribution >= 0.6 is 0 Å². The Balaban J connectivity index is 1.70. The minimum atomic E-state index is -0.577. The molecule has 0 radical (unpaired) electrons. The van der Waals surface area contributed by atoms with Gasteiger partial charge in [-0.15, -0.1) is 5.10 Å². The molecular formula is C21H23N3O4. The Labute approximate surface area is 163 Å². The Hall–Kier alpha value is -3.35. The number of carbonyl (C=O) groups is 1. The molecule has 7 heteroatoms. The Kier molecular flexibility index (Phi) is 5.63. The third-order valence-corrected chi connectivity index (χ3v) is 4.32. The van der Waals surface area contributed by atoms with Crippen LogP contribution in [0.25, 0.3) is 0 Å². The van der Waals surface area contributed by atoms with Gasteiger partial charge in [-0.2, -0.15) is 0 Å². The number of aromatic nitrogens is 2. The summed E-state index contributed by atoms with van der Waals surface area (Å²) < 4.78 is 5.57. The van der Waals surface area contributed by atoms with Crippen LogP contribution in [0.1, 0.15) is 54.1 Å². The summed E-state index contributed by atoms with van der Waals surface area (Å²) in [6.07, 6.45) is 1.02. The van der Waals surface area contributed by atoms with Crippen molar-refractivity contribution in [1.29, 1.82) is 0 Å². The van der Waals surface area contributed by atoms with E-state index in [2.05, 4.69) is 41.5 Å². The second-order valence-corrected chi connectivity index (χ2v) is 7.20. The first kappa shape index (κ1) is 19.4. The molecule has 3 aromatic rings. The average molecular weight is 381 g/mol. The van der Waals surface area contributed by atoms with E-state index in [0.29, 0.717) is 11.8 Å². The van der Waals surface area contributed by atoms with Gasteiger partial charge in [-0.25, -0.2) is 0 Å². The quantitative estimate of drug-likeness (QED) is 0.594. The van der Waals surface area contributed by atoms with Crippen molar-refractivity contribution in [3.8, 4) is 11.5 Å². The highest BCUT2D eigenvalue weighted by Crippen LogP contribution is 2.26. The lowest BCUT2D eigenvalue weighted by molar-refractivity contribution is 0.102. The van der Waals surface area contributed by atoms with Gasteiger partial charge >= 0.3 is 6.01 Å². The van der Waals surface area contributed by atoms with Crippen LogP contribution in [0.3, 0.4) is 0 Å². The van der Waals surface area contributed by atoms with Crippen LogP contribution in [0.15, 0.2) is 46.9 Å². The van der Waals surface area contributed by atoms with E-state index >= 15 is 0 Å². The molecule has 3 N–H and O–H groups in total. The number of hydrogen-bond acceptors (Lipinski definition) is 6. The summed E-state index contributed by atoms with van der Waals surface area (Å²) in [4.78, 5) is 12.2. The van der Waals surface area contributed by atoms with Gasteiger partial charge in [-0.05, 0) is 42.5 Å². The average Bonchev–Trinajstić information content (AvgIpc) is 3.09. The molecule has 1 unspecified atom stereocenters. The molecule has 1 atom stereocenters. The molecule has 28 heavy (non-hydrogen) atoms. The van der Waals surface area contributed by atoms with Gasteiger partial charge in [0.1, 0.15) is 11.5 Å². The summed E-state index contributed by atoms with van der Waals surface area (Å²) >= 11 is 0. The predicted octanol–water partition coefficient (Wildman–Crippen LogP) is 4.08. The van der Waals surface area contributed by atoms with Crippen LogP contribution in [0.4, 0.5) is 6.01 Å². The zero-order valence-electron chi connectivity index (χ0n) is 16.0. The molecule has 2 aromatic carbocycles. The fourth-order valence-corrected chi connectivity index (χ4v) is 2.91. The topological polar surface area (TPSA) is 108 Å². The minimum Gasteiger partial charge on any atom is -0.508 e. The first-order chi connectivity index (χ1) is 13.3. The minimum absolute atomic E-state index is 0.0499. The molecule has 7 nitrogen and oxygen atoms in total. The van der Waals surface area contributed by atoms with Crippen LogP contribution in [0.5, 0.6) is 11.5 Å². The monoisotopic (exact) mass is 381 g/mol. The smallest absolute Gasteiger partial charge is 0.322 e. The number of nitrogens with zero attached hydrogens (tertiary/aromatic N) is 2. The molecule has 3 rings (SSSR count).